The van der Waals surface area contributed by atoms with Crippen LogP contribution in [0.15, 0.2) is 52.4 Å². The van der Waals surface area contributed by atoms with Crippen LogP contribution in [0.5, 0.6) is 0 Å². The van der Waals surface area contributed by atoms with Crippen LogP contribution in [0.25, 0.3) is 10.7 Å². The van der Waals surface area contributed by atoms with Crippen molar-refractivity contribution in [3.63, 3.8) is 0 Å². The zero-order valence-corrected chi connectivity index (χ0v) is 15.0. The first-order valence-corrected chi connectivity index (χ1v) is 9.28. The van der Waals surface area contributed by atoms with Gasteiger partial charge in [0.15, 0.2) is 0 Å². The Kier molecular flexibility index (Phi) is 5.95. The predicted molar refractivity (Wildman–Crippen MR) is 98.4 cm³/mol. The lowest BCUT2D eigenvalue weighted by Crippen LogP contribution is -2.27. The fourth-order valence-electron chi connectivity index (χ4n) is 2.52. The van der Waals surface area contributed by atoms with Crippen molar-refractivity contribution in [3.05, 3.63) is 59.3 Å². The summed E-state index contributed by atoms with van der Waals surface area (Å²) in [5, 5.41) is 8.94. The number of amides is 1. The highest BCUT2D eigenvalue weighted by atomic mass is 32.1. The second-order valence-electron chi connectivity index (χ2n) is 5.96. The Labute approximate surface area is 151 Å². The molecule has 0 saturated heterocycles. The average molecular weight is 355 g/mol. The fourth-order valence-corrected chi connectivity index (χ4v) is 3.17. The second-order valence-corrected chi connectivity index (χ2v) is 6.91. The lowest BCUT2D eigenvalue weighted by molar-refractivity contribution is -0.121. The van der Waals surface area contributed by atoms with E-state index in [0.29, 0.717) is 43.4 Å². The highest BCUT2D eigenvalue weighted by Crippen LogP contribution is 2.21. The van der Waals surface area contributed by atoms with Crippen molar-refractivity contribution in [1.29, 1.82) is 0 Å². The highest BCUT2D eigenvalue weighted by Gasteiger charge is 2.11. The van der Waals surface area contributed by atoms with Gasteiger partial charge >= 0.3 is 0 Å². The van der Waals surface area contributed by atoms with Crippen LogP contribution in [-0.4, -0.2) is 22.6 Å². The molecular formula is C19H21N3O2S. The van der Waals surface area contributed by atoms with Crippen LogP contribution < -0.4 is 5.32 Å². The molecule has 1 amide bonds. The Balaban J connectivity index is 1.38. The van der Waals surface area contributed by atoms with Crippen LogP contribution in [-0.2, 0) is 11.2 Å². The van der Waals surface area contributed by atoms with Crippen molar-refractivity contribution >= 4 is 17.2 Å². The van der Waals surface area contributed by atoms with E-state index >= 15 is 0 Å². The molecule has 1 atom stereocenters. The van der Waals surface area contributed by atoms with E-state index in [2.05, 4.69) is 34.5 Å². The molecule has 0 saturated carbocycles. The Morgan fingerprint density at radius 1 is 1.24 bits per heavy atom. The Hall–Kier alpha value is -2.47. The van der Waals surface area contributed by atoms with E-state index < -0.39 is 0 Å². The van der Waals surface area contributed by atoms with Gasteiger partial charge in [-0.1, -0.05) is 48.5 Å². The number of hydrogen-bond acceptors (Lipinski definition) is 5. The molecule has 0 radical (unpaired) electrons. The largest absolute Gasteiger partial charge is 0.356 e. The molecule has 0 unspecified atom stereocenters. The number of hydrogen-bond donors (Lipinski definition) is 1. The first-order valence-electron chi connectivity index (χ1n) is 8.40. The molecule has 0 bridgehead atoms. The second kappa shape index (κ2) is 8.58. The van der Waals surface area contributed by atoms with E-state index in [9.17, 15) is 4.79 Å². The van der Waals surface area contributed by atoms with Gasteiger partial charge in [0, 0.05) is 19.4 Å². The maximum atomic E-state index is 12.0. The molecule has 0 aliphatic carbocycles. The van der Waals surface area contributed by atoms with Crippen LogP contribution in [0.4, 0.5) is 0 Å². The molecule has 0 fully saturated rings. The van der Waals surface area contributed by atoms with Gasteiger partial charge in [0.05, 0.1) is 4.88 Å². The number of carbonyl (C=O) groups excluding carboxylic acids is 1. The summed E-state index contributed by atoms with van der Waals surface area (Å²) in [7, 11) is 0. The molecule has 3 aromatic rings. The number of benzene rings is 1. The molecule has 25 heavy (non-hydrogen) atoms. The predicted octanol–water partition coefficient (Wildman–Crippen LogP) is 4.04. The smallest absolute Gasteiger partial charge is 0.226 e. The first kappa shape index (κ1) is 17.4. The zero-order chi connectivity index (χ0) is 17.5. The van der Waals surface area contributed by atoms with E-state index in [4.69, 9.17) is 4.52 Å². The standard InChI is InChI=1S/C19H21N3O2S/c1-14(15-7-3-2-4-8-15)13-20-17(23)10-5-11-18-21-19(22-24-18)16-9-6-12-25-16/h2-4,6-9,12,14H,5,10-11,13H2,1H3,(H,20,23)/t14-/m0/s1. The monoisotopic (exact) mass is 355 g/mol. The molecule has 0 spiro atoms. The third-order valence-electron chi connectivity index (χ3n) is 3.98. The fraction of sp³-hybridized carbons (Fsp3) is 0.316. The number of aromatic nitrogens is 2. The Bertz CT molecular complexity index is 784. The van der Waals surface area contributed by atoms with Crippen LogP contribution >= 0.6 is 11.3 Å². The summed E-state index contributed by atoms with van der Waals surface area (Å²) in [4.78, 5) is 17.3. The normalized spacial score (nSPS) is 12.0. The summed E-state index contributed by atoms with van der Waals surface area (Å²) in [5.74, 6) is 1.55. The molecule has 3 rings (SSSR count). The summed E-state index contributed by atoms with van der Waals surface area (Å²) in [6.45, 7) is 2.76. The summed E-state index contributed by atoms with van der Waals surface area (Å²) >= 11 is 1.58. The Morgan fingerprint density at radius 2 is 2.08 bits per heavy atom. The Morgan fingerprint density at radius 3 is 2.84 bits per heavy atom. The summed E-state index contributed by atoms with van der Waals surface area (Å²) < 4.78 is 5.24. The molecule has 6 heteroatoms. The summed E-state index contributed by atoms with van der Waals surface area (Å²) in [6, 6.07) is 14.1. The molecule has 1 aromatic carbocycles. The van der Waals surface area contributed by atoms with Gasteiger partial charge < -0.3 is 9.84 Å². The van der Waals surface area contributed by atoms with Crippen LogP contribution in [0.3, 0.4) is 0 Å². The van der Waals surface area contributed by atoms with E-state index in [-0.39, 0.29) is 5.91 Å². The number of thiophene rings is 1. The van der Waals surface area contributed by atoms with Crippen molar-refractivity contribution in [2.75, 3.05) is 6.54 Å². The zero-order valence-electron chi connectivity index (χ0n) is 14.1. The van der Waals surface area contributed by atoms with Crippen LogP contribution in [0.1, 0.15) is 37.1 Å². The topological polar surface area (TPSA) is 68.0 Å². The highest BCUT2D eigenvalue weighted by molar-refractivity contribution is 7.13. The van der Waals surface area contributed by atoms with Gasteiger partial charge in [-0.25, -0.2) is 0 Å². The summed E-state index contributed by atoms with van der Waals surface area (Å²) in [5.41, 5.74) is 1.23. The van der Waals surface area contributed by atoms with Gasteiger partial charge in [0.25, 0.3) is 0 Å². The number of nitrogens with zero attached hydrogens (tertiary/aromatic N) is 2. The maximum absolute atomic E-state index is 12.0. The lowest BCUT2D eigenvalue weighted by atomic mass is 10.0. The quantitative estimate of drug-likeness (QED) is 0.662. The average Bonchev–Trinajstić information content (AvgIpc) is 3.32. The third kappa shape index (κ3) is 5.00. The van der Waals surface area contributed by atoms with Gasteiger partial charge in [-0.15, -0.1) is 11.3 Å². The van der Waals surface area contributed by atoms with E-state index in [1.807, 2.05) is 35.7 Å². The molecule has 0 aliphatic rings. The van der Waals surface area contributed by atoms with Crippen molar-refractivity contribution in [2.24, 2.45) is 0 Å². The van der Waals surface area contributed by atoms with Crippen LogP contribution in [0, 0.1) is 0 Å². The van der Waals surface area contributed by atoms with Gasteiger partial charge in [0.2, 0.25) is 17.6 Å². The summed E-state index contributed by atoms with van der Waals surface area (Å²) in [6.07, 6.45) is 1.76. The van der Waals surface area contributed by atoms with E-state index in [1.165, 1.54) is 5.56 Å². The van der Waals surface area contributed by atoms with Gasteiger partial charge in [-0.3, -0.25) is 4.79 Å². The number of carbonyl (C=O) groups is 1. The van der Waals surface area contributed by atoms with Crippen molar-refractivity contribution in [3.8, 4) is 10.7 Å². The van der Waals surface area contributed by atoms with Crippen LogP contribution in [0.2, 0.25) is 0 Å². The number of nitrogens with one attached hydrogen (secondary N) is 1. The van der Waals surface area contributed by atoms with Crippen molar-refractivity contribution in [1.82, 2.24) is 15.5 Å². The van der Waals surface area contributed by atoms with Crippen molar-refractivity contribution in [2.45, 2.75) is 32.1 Å². The van der Waals surface area contributed by atoms with Crippen molar-refractivity contribution < 1.29 is 9.32 Å². The van der Waals surface area contributed by atoms with E-state index in [0.717, 1.165) is 4.88 Å². The molecule has 2 aromatic heterocycles. The van der Waals surface area contributed by atoms with Gasteiger partial charge in [-0.2, -0.15) is 4.98 Å². The molecule has 1 N–H and O–H groups in total. The number of aryl methyl sites for hydroxylation is 1. The van der Waals surface area contributed by atoms with E-state index in [1.54, 1.807) is 11.3 Å². The molecular weight excluding hydrogens is 334 g/mol. The first-order chi connectivity index (χ1) is 12.2. The van der Waals surface area contributed by atoms with Gasteiger partial charge in [0.1, 0.15) is 0 Å². The molecule has 2 heterocycles. The van der Waals surface area contributed by atoms with Gasteiger partial charge in [-0.05, 0) is 29.3 Å². The maximum Gasteiger partial charge on any atom is 0.226 e. The lowest BCUT2D eigenvalue weighted by Gasteiger charge is -2.12. The minimum Gasteiger partial charge on any atom is -0.356 e. The SMILES string of the molecule is C[C@@H](CNC(=O)CCCc1nc(-c2cccs2)no1)c1ccccc1. The molecule has 5 nitrogen and oxygen atoms in total. The third-order valence-corrected chi connectivity index (χ3v) is 4.84. The minimum absolute atomic E-state index is 0.0563. The number of rotatable bonds is 8. The molecule has 130 valence electrons. The molecule has 0 aliphatic heterocycles. The minimum atomic E-state index is 0.0563.